The van der Waals surface area contributed by atoms with Crippen LogP contribution in [0, 0.1) is 11.3 Å². The summed E-state index contributed by atoms with van der Waals surface area (Å²) in [4.78, 5) is 32.4. The summed E-state index contributed by atoms with van der Waals surface area (Å²) in [6.45, 7) is 13.3. The van der Waals surface area contributed by atoms with Crippen molar-refractivity contribution in [3.63, 3.8) is 0 Å². The van der Waals surface area contributed by atoms with Crippen molar-refractivity contribution in [3.8, 4) is 0 Å². The van der Waals surface area contributed by atoms with E-state index in [0.717, 1.165) is 12.8 Å². The highest BCUT2D eigenvalue weighted by atomic mass is 16.2. The van der Waals surface area contributed by atoms with Gasteiger partial charge in [-0.2, -0.15) is 0 Å². The number of fused-ring (bicyclic) bond motifs is 1. The highest BCUT2D eigenvalue weighted by Crippen LogP contribution is 2.27. The van der Waals surface area contributed by atoms with E-state index >= 15 is 0 Å². The minimum Gasteiger partial charge on any atom is -0.336 e. The number of para-hydroxylation sites is 1. The van der Waals surface area contributed by atoms with Gasteiger partial charge in [-0.15, -0.1) is 0 Å². The molecule has 2 unspecified atom stereocenters. The van der Waals surface area contributed by atoms with E-state index in [1.807, 2.05) is 45.2 Å². The second-order valence-corrected chi connectivity index (χ2v) is 9.20. The highest BCUT2D eigenvalue weighted by molar-refractivity contribution is 5.78. The number of carbonyl (C=O) groups is 1. The molecule has 0 bridgehead atoms. The minimum atomic E-state index is -0.266. The Morgan fingerprint density at radius 2 is 1.86 bits per heavy atom. The lowest BCUT2D eigenvalue weighted by Gasteiger charge is -2.29. The van der Waals surface area contributed by atoms with Crippen LogP contribution >= 0.6 is 0 Å². The van der Waals surface area contributed by atoms with Crippen LogP contribution in [0.2, 0.25) is 0 Å². The summed E-state index contributed by atoms with van der Waals surface area (Å²) in [5, 5.41) is 0.625. The summed E-state index contributed by atoms with van der Waals surface area (Å²) >= 11 is 0. The fourth-order valence-corrected chi connectivity index (χ4v) is 3.89. The average Bonchev–Trinajstić information content (AvgIpc) is 2.61. The maximum absolute atomic E-state index is 13.0. The monoisotopic (exact) mass is 385 g/mol. The summed E-state index contributed by atoms with van der Waals surface area (Å²) in [6, 6.07) is 7.15. The van der Waals surface area contributed by atoms with Gasteiger partial charge in [-0.3, -0.25) is 14.2 Å². The molecule has 1 aromatic heterocycles. The molecule has 0 aliphatic heterocycles. The predicted octanol–water partition coefficient (Wildman–Crippen LogP) is 4.79. The van der Waals surface area contributed by atoms with Crippen molar-refractivity contribution in [1.29, 1.82) is 0 Å². The second kappa shape index (κ2) is 8.89. The molecular formula is C23H35N3O2. The van der Waals surface area contributed by atoms with Gasteiger partial charge in [0.15, 0.2) is 0 Å². The fraction of sp³-hybridized carbons (Fsp3) is 0.609. The van der Waals surface area contributed by atoms with Gasteiger partial charge in [-0.25, -0.2) is 4.98 Å². The van der Waals surface area contributed by atoms with Gasteiger partial charge in [-0.05, 0) is 43.2 Å². The Bertz CT molecular complexity index is 880. The largest absolute Gasteiger partial charge is 0.336 e. The van der Waals surface area contributed by atoms with Gasteiger partial charge >= 0.3 is 0 Å². The lowest BCUT2D eigenvalue weighted by molar-refractivity contribution is -0.133. The molecular weight excluding hydrogens is 350 g/mol. The number of aromatic nitrogens is 2. The second-order valence-electron chi connectivity index (χ2n) is 9.20. The van der Waals surface area contributed by atoms with Crippen molar-refractivity contribution in [2.24, 2.45) is 11.3 Å². The molecule has 5 heteroatoms. The van der Waals surface area contributed by atoms with Gasteiger partial charge in [0.05, 0.1) is 16.9 Å². The highest BCUT2D eigenvalue weighted by Gasteiger charge is 2.25. The zero-order valence-corrected chi connectivity index (χ0v) is 18.5. The Hall–Kier alpha value is -2.17. The van der Waals surface area contributed by atoms with Crippen LogP contribution in [0.4, 0.5) is 0 Å². The van der Waals surface area contributed by atoms with Gasteiger partial charge in [-0.1, -0.05) is 46.8 Å². The number of carbonyl (C=O) groups excluding carboxylic acids is 1. The zero-order valence-electron chi connectivity index (χ0n) is 18.5. The molecule has 1 heterocycles. The van der Waals surface area contributed by atoms with Gasteiger partial charge in [0.2, 0.25) is 5.91 Å². The van der Waals surface area contributed by atoms with Crippen molar-refractivity contribution >= 4 is 16.8 Å². The first-order valence-electron chi connectivity index (χ1n) is 10.3. The number of benzene rings is 1. The number of hydrogen-bond acceptors (Lipinski definition) is 3. The summed E-state index contributed by atoms with van der Waals surface area (Å²) < 4.78 is 1.73. The summed E-state index contributed by atoms with van der Waals surface area (Å²) in [6.07, 6.45) is 2.33. The average molecular weight is 386 g/mol. The van der Waals surface area contributed by atoms with Crippen LogP contribution in [-0.4, -0.2) is 27.4 Å². The molecule has 1 amide bonds. The maximum atomic E-state index is 13.0. The van der Waals surface area contributed by atoms with Gasteiger partial charge < -0.3 is 4.90 Å². The number of hydrogen-bond donors (Lipinski definition) is 0. The SMILES string of the molecule is CCCn1c(C(C)N(C)C(=O)CC(C)CC(C)(C)C)nc2ccccc2c1=O. The standard InChI is InChI=1S/C23H35N3O2/c1-8-13-26-21(24-19-12-10-9-11-18(19)22(26)28)17(3)25(7)20(27)14-16(2)15-23(4,5)6/h9-12,16-17H,8,13-15H2,1-7H3. The Labute approximate surface area is 168 Å². The molecule has 0 radical (unpaired) electrons. The fourth-order valence-electron chi connectivity index (χ4n) is 3.89. The molecule has 2 aromatic rings. The molecule has 154 valence electrons. The molecule has 0 saturated carbocycles. The van der Waals surface area contributed by atoms with Crippen molar-refractivity contribution < 1.29 is 4.79 Å². The van der Waals surface area contributed by atoms with Gasteiger partial charge in [0.25, 0.3) is 5.56 Å². The predicted molar refractivity (Wildman–Crippen MR) is 115 cm³/mol. The number of rotatable bonds is 7. The van der Waals surface area contributed by atoms with Crippen LogP contribution < -0.4 is 5.56 Å². The maximum Gasteiger partial charge on any atom is 0.261 e. The third-order valence-electron chi connectivity index (χ3n) is 5.17. The van der Waals surface area contributed by atoms with Crippen LogP contribution in [0.15, 0.2) is 29.1 Å². The van der Waals surface area contributed by atoms with E-state index in [1.165, 1.54) is 0 Å². The first-order chi connectivity index (χ1) is 13.0. The Morgan fingerprint density at radius 1 is 1.21 bits per heavy atom. The summed E-state index contributed by atoms with van der Waals surface area (Å²) in [7, 11) is 1.81. The van der Waals surface area contributed by atoms with E-state index in [-0.39, 0.29) is 22.9 Å². The normalized spacial score (nSPS) is 14.1. The Morgan fingerprint density at radius 3 is 2.46 bits per heavy atom. The van der Waals surface area contributed by atoms with Gasteiger partial charge in [0.1, 0.15) is 5.82 Å². The zero-order chi connectivity index (χ0) is 21.1. The smallest absolute Gasteiger partial charge is 0.261 e. The lowest BCUT2D eigenvalue weighted by atomic mass is 9.84. The lowest BCUT2D eigenvalue weighted by Crippen LogP contribution is -2.36. The van der Waals surface area contributed by atoms with Gasteiger partial charge in [0, 0.05) is 20.0 Å². The third kappa shape index (κ3) is 5.21. The quantitative estimate of drug-likeness (QED) is 0.689. The first-order valence-corrected chi connectivity index (χ1v) is 10.3. The molecule has 0 spiro atoms. The third-order valence-corrected chi connectivity index (χ3v) is 5.17. The molecule has 0 aliphatic carbocycles. The van der Waals surface area contributed by atoms with E-state index in [2.05, 4.69) is 27.7 Å². The Balaban J connectivity index is 2.32. The molecule has 2 rings (SSSR count). The molecule has 0 saturated heterocycles. The molecule has 2 atom stereocenters. The molecule has 1 aromatic carbocycles. The van der Waals surface area contributed by atoms with Crippen LogP contribution in [0.3, 0.4) is 0 Å². The molecule has 5 nitrogen and oxygen atoms in total. The topological polar surface area (TPSA) is 55.2 Å². The molecule has 0 aliphatic rings. The van der Waals surface area contributed by atoms with Crippen molar-refractivity contribution in [1.82, 2.24) is 14.5 Å². The van der Waals surface area contributed by atoms with Crippen molar-refractivity contribution in [3.05, 3.63) is 40.4 Å². The van der Waals surface area contributed by atoms with E-state index in [0.29, 0.717) is 35.6 Å². The molecule has 28 heavy (non-hydrogen) atoms. The van der Waals surface area contributed by atoms with E-state index in [1.54, 1.807) is 9.47 Å². The molecule has 0 fully saturated rings. The van der Waals surface area contributed by atoms with Crippen LogP contribution in [-0.2, 0) is 11.3 Å². The van der Waals surface area contributed by atoms with Crippen molar-refractivity contribution in [2.45, 2.75) is 73.4 Å². The van der Waals surface area contributed by atoms with E-state index in [4.69, 9.17) is 4.98 Å². The Kier molecular flexibility index (Phi) is 7.02. The summed E-state index contributed by atoms with van der Waals surface area (Å²) in [5.41, 5.74) is 0.852. The molecule has 0 N–H and O–H groups in total. The van der Waals surface area contributed by atoms with E-state index in [9.17, 15) is 9.59 Å². The van der Waals surface area contributed by atoms with Crippen LogP contribution in [0.1, 0.15) is 72.7 Å². The van der Waals surface area contributed by atoms with Crippen molar-refractivity contribution in [2.75, 3.05) is 7.05 Å². The minimum absolute atomic E-state index is 0.0313. The number of amides is 1. The van der Waals surface area contributed by atoms with E-state index < -0.39 is 0 Å². The summed E-state index contributed by atoms with van der Waals surface area (Å²) in [5.74, 6) is 1.06. The van der Waals surface area contributed by atoms with Crippen LogP contribution in [0.25, 0.3) is 10.9 Å². The van der Waals surface area contributed by atoms with Crippen LogP contribution in [0.5, 0.6) is 0 Å². The first kappa shape index (κ1) is 22.1. The number of nitrogens with zero attached hydrogens (tertiary/aromatic N) is 3.